The SMILES string of the molecule is Fc1ccccc1OCCC1CCC2(CC1)OCCO2. The van der Waals surface area contributed by atoms with Gasteiger partial charge in [0.05, 0.1) is 19.8 Å². The van der Waals surface area contributed by atoms with Crippen LogP contribution in [0, 0.1) is 11.7 Å². The van der Waals surface area contributed by atoms with Gasteiger partial charge in [0, 0.05) is 12.8 Å². The van der Waals surface area contributed by atoms with E-state index in [4.69, 9.17) is 14.2 Å². The first-order chi connectivity index (χ1) is 9.77. The van der Waals surface area contributed by atoms with Crippen LogP contribution in [0.3, 0.4) is 0 Å². The summed E-state index contributed by atoms with van der Waals surface area (Å²) in [6.07, 6.45) is 5.10. The van der Waals surface area contributed by atoms with Crippen molar-refractivity contribution in [1.29, 1.82) is 0 Å². The smallest absolute Gasteiger partial charge is 0.168 e. The Morgan fingerprint density at radius 2 is 1.85 bits per heavy atom. The van der Waals surface area contributed by atoms with Crippen LogP contribution in [-0.4, -0.2) is 25.6 Å². The second-order valence-electron chi connectivity index (χ2n) is 5.62. The summed E-state index contributed by atoms with van der Waals surface area (Å²) in [6.45, 7) is 2.02. The van der Waals surface area contributed by atoms with Gasteiger partial charge in [0.25, 0.3) is 0 Å². The Morgan fingerprint density at radius 3 is 2.55 bits per heavy atom. The summed E-state index contributed by atoms with van der Waals surface area (Å²) >= 11 is 0. The van der Waals surface area contributed by atoms with Crippen LogP contribution in [0.4, 0.5) is 4.39 Å². The zero-order valence-corrected chi connectivity index (χ0v) is 11.6. The van der Waals surface area contributed by atoms with Crippen molar-refractivity contribution in [1.82, 2.24) is 0 Å². The number of ether oxygens (including phenoxy) is 3. The van der Waals surface area contributed by atoms with E-state index in [9.17, 15) is 4.39 Å². The number of hydrogen-bond donors (Lipinski definition) is 0. The molecule has 3 nitrogen and oxygen atoms in total. The van der Waals surface area contributed by atoms with Gasteiger partial charge < -0.3 is 14.2 Å². The Bertz CT molecular complexity index is 433. The molecule has 0 bridgehead atoms. The predicted octanol–water partition coefficient (Wildman–Crippen LogP) is 3.53. The van der Waals surface area contributed by atoms with Crippen molar-refractivity contribution < 1.29 is 18.6 Å². The van der Waals surface area contributed by atoms with E-state index in [-0.39, 0.29) is 11.6 Å². The molecule has 1 aliphatic heterocycles. The highest BCUT2D eigenvalue weighted by molar-refractivity contribution is 5.23. The summed E-state index contributed by atoms with van der Waals surface area (Å²) in [5.74, 6) is 0.397. The summed E-state index contributed by atoms with van der Waals surface area (Å²) in [6, 6.07) is 6.56. The fourth-order valence-corrected chi connectivity index (χ4v) is 3.09. The van der Waals surface area contributed by atoms with E-state index in [1.807, 2.05) is 0 Å². The highest BCUT2D eigenvalue weighted by atomic mass is 19.1. The lowest BCUT2D eigenvalue weighted by atomic mass is 9.83. The van der Waals surface area contributed by atoms with Crippen LogP contribution in [-0.2, 0) is 9.47 Å². The van der Waals surface area contributed by atoms with E-state index in [1.165, 1.54) is 6.07 Å². The molecule has 20 heavy (non-hydrogen) atoms. The molecule has 0 amide bonds. The van der Waals surface area contributed by atoms with Gasteiger partial charge >= 0.3 is 0 Å². The van der Waals surface area contributed by atoms with Crippen molar-refractivity contribution in [2.75, 3.05) is 19.8 Å². The molecule has 1 saturated heterocycles. The van der Waals surface area contributed by atoms with E-state index in [0.29, 0.717) is 18.3 Å². The van der Waals surface area contributed by atoms with Crippen LogP contribution < -0.4 is 4.74 Å². The Morgan fingerprint density at radius 1 is 1.15 bits per heavy atom. The molecule has 4 heteroatoms. The fraction of sp³-hybridized carbons (Fsp3) is 0.625. The third kappa shape index (κ3) is 3.13. The molecule has 1 aliphatic carbocycles. The van der Waals surface area contributed by atoms with E-state index >= 15 is 0 Å². The van der Waals surface area contributed by atoms with Crippen LogP contribution in [0.15, 0.2) is 24.3 Å². The maximum Gasteiger partial charge on any atom is 0.168 e. The average molecular weight is 280 g/mol. The highest BCUT2D eigenvalue weighted by Crippen LogP contribution is 2.39. The predicted molar refractivity (Wildman–Crippen MR) is 73.1 cm³/mol. The summed E-state index contributed by atoms with van der Waals surface area (Å²) in [5.41, 5.74) is 0. The van der Waals surface area contributed by atoms with Gasteiger partial charge in [-0.1, -0.05) is 12.1 Å². The van der Waals surface area contributed by atoms with Gasteiger partial charge in [-0.05, 0) is 37.3 Å². The summed E-state index contributed by atoms with van der Waals surface area (Å²) in [5, 5.41) is 0. The molecule has 1 heterocycles. The van der Waals surface area contributed by atoms with Crippen LogP contribution in [0.25, 0.3) is 0 Å². The monoisotopic (exact) mass is 280 g/mol. The Hall–Kier alpha value is -1.13. The maximum absolute atomic E-state index is 13.4. The van der Waals surface area contributed by atoms with Crippen LogP contribution in [0.2, 0.25) is 0 Å². The minimum Gasteiger partial charge on any atom is -0.491 e. The van der Waals surface area contributed by atoms with Crippen LogP contribution in [0.1, 0.15) is 32.1 Å². The van der Waals surface area contributed by atoms with E-state index < -0.39 is 0 Å². The molecule has 110 valence electrons. The molecule has 0 atom stereocenters. The molecule has 1 aromatic carbocycles. The van der Waals surface area contributed by atoms with E-state index in [1.54, 1.807) is 18.2 Å². The quantitative estimate of drug-likeness (QED) is 0.844. The molecule has 0 N–H and O–H groups in total. The third-order valence-electron chi connectivity index (χ3n) is 4.30. The minimum atomic E-state index is -0.289. The van der Waals surface area contributed by atoms with E-state index in [2.05, 4.69) is 0 Å². The van der Waals surface area contributed by atoms with Crippen LogP contribution in [0.5, 0.6) is 5.75 Å². The van der Waals surface area contributed by atoms with Crippen molar-refractivity contribution in [3.8, 4) is 5.75 Å². The molecule has 1 spiro atoms. The van der Waals surface area contributed by atoms with Crippen molar-refractivity contribution in [3.05, 3.63) is 30.1 Å². The Labute approximate surface area is 119 Å². The topological polar surface area (TPSA) is 27.7 Å². The normalized spacial score (nSPS) is 22.2. The zero-order valence-electron chi connectivity index (χ0n) is 11.6. The van der Waals surface area contributed by atoms with Gasteiger partial charge in [-0.25, -0.2) is 4.39 Å². The lowest BCUT2D eigenvalue weighted by Gasteiger charge is -2.35. The van der Waals surface area contributed by atoms with Gasteiger partial charge in [0.1, 0.15) is 0 Å². The third-order valence-corrected chi connectivity index (χ3v) is 4.30. The van der Waals surface area contributed by atoms with Crippen LogP contribution >= 0.6 is 0 Å². The number of rotatable bonds is 4. The standard InChI is InChI=1S/C16H21FO3/c17-14-3-1-2-4-15(14)18-10-7-13-5-8-16(9-6-13)19-11-12-20-16/h1-4,13H,5-12H2. The summed E-state index contributed by atoms with van der Waals surface area (Å²) < 4.78 is 30.3. The number of hydrogen-bond acceptors (Lipinski definition) is 3. The highest BCUT2D eigenvalue weighted by Gasteiger charge is 2.40. The number of para-hydroxylation sites is 1. The molecule has 1 saturated carbocycles. The fourth-order valence-electron chi connectivity index (χ4n) is 3.09. The molecule has 0 aromatic heterocycles. The summed E-state index contributed by atoms with van der Waals surface area (Å²) in [4.78, 5) is 0. The van der Waals surface area contributed by atoms with Gasteiger partial charge in [0.15, 0.2) is 17.4 Å². The first-order valence-electron chi connectivity index (χ1n) is 7.43. The van der Waals surface area contributed by atoms with Gasteiger partial charge in [-0.3, -0.25) is 0 Å². The van der Waals surface area contributed by atoms with Crippen molar-refractivity contribution in [3.63, 3.8) is 0 Å². The molecule has 0 radical (unpaired) electrons. The lowest BCUT2D eigenvalue weighted by molar-refractivity contribution is -0.182. The maximum atomic E-state index is 13.4. The molecule has 1 aromatic rings. The Balaban J connectivity index is 1.41. The molecule has 3 rings (SSSR count). The van der Waals surface area contributed by atoms with Crippen molar-refractivity contribution in [2.45, 2.75) is 37.9 Å². The molecular formula is C16H21FO3. The first-order valence-corrected chi connectivity index (χ1v) is 7.43. The van der Waals surface area contributed by atoms with Gasteiger partial charge in [0.2, 0.25) is 0 Å². The van der Waals surface area contributed by atoms with E-state index in [0.717, 1.165) is 45.3 Å². The molecular weight excluding hydrogens is 259 g/mol. The van der Waals surface area contributed by atoms with Gasteiger partial charge in [-0.2, -0.15) is 0 Å². The molecule has 0 unspecified atom stereocenters. The van der Waals surface area contributed by atoms with Crippen molar-refractivity contribution >= 4 is 0 Å². The van der Waals surface area contributed by atoms with Crippen molar-refractivity contribution in [2.24, 2.45) is 5.92 Å². The molecule has 2 fully saturated rings. The first kappa shape index (κ1) is 13.8. The number of benzene rings is 1. The second-order valence-corrected chi connectivity index (χ2v) is 5.62. The average Bonchev–Trinajstić information content (AvgIpc) is 2.92. The molecule has 2 aliphatic rings. The number of halogens is 1. The summed E-state index contributed by atoms with van der Waals surface area (Å²) in [7, 11) is 0. The zero-order chi connectivity index (χ0) is 13.8. The second kappa shape index (κ2) is 6.10. The minimum absolute atomic E-state index is 0.289. The largest absolute Gasteiger partial charge is 0.491 e. The van der Waals surface area contributed by atoms with Gasteiger partial charge in [-0.15, -0.1) is 0 Å². The lowest BCUT2D eigenvalue weighted by Crippen LogP contribution is -2.35. The Kier molecular flexibility index (Phi) is 4.22.